The molecule has 0 aromatic rings. The fourth-order valence-electron chi connectivity index (χ4n) is 0.433. The number of ether oxygens (including phenoxy) is 4. The van der Waals surface area contributed by atoms with E-state index in [1.54, 1.807) is 0 Å². The van der Waals surface area contributed by atoms with Gasteiger partial charge >= 0.3 is 251 Å². The van der Waals surface area contributed by atoms with Gasteiger partial charge in [-0.25, -0.2) is 14.4 Å². The second kappa shape index (κ2) is 28.0. The van der Waals surface area contributed by atoms with Crippen LogP contribution in [-0.4, -0.2) is 251 Å². The number of carbonyl (C=O) groups excluding carboxylic acids is 5. The Labute approximate surface area is 300 Å². The third-order valence-corrected chi connectivity index (χ3v) is 0.787. The summed E-state index contributed by atoms with van der Waals surface area (Å²) in [6.07, 6.45) is -5.14. The molecule has 0 N–H and O–H groups in total. The molecule has 0 radical (unpaired) electrons. The molecule has 22 heavy (non-hydrogen) atoms. The summed E-state index contributed by atoms with van der Waals surface area (Å²) in [4.78, 5) is 51.9. The Balaban J connectivity index is -0.0000000750. The molecule has 0 bridgehead atoms. The molecule has 0 amide bonds. The van der Waals surface area contributed by atoms with Crippen LogP contribution in [0, 0.1) is 0 Å². The van der Waals surface area contributed by atoms with Crippen LogP contribution in [0.25, 0.3) is 0 Å². The second-order valence-corrected chi connectivity index (χ2v) is 2.14. The average Bonchev–Trinajstić information content (AvgIpc) is 1.97. The number of hydrogen-bond donors (Lipinski definition) is 0. The molecule has 0 saturated heterocycles. The van der Waals surface area contributed by atoms with E-state index in [9.17, 15) is 24.0 Å². The molecular weight excluding hydrogens is 398 g/mol. The zero-order valence-corrected chi connectivity index (χ0v) is 8.17. The monoisotopic (exact) mass is 410 g/mol. The predicted molar refractivity (Wildman–Crippen MR) is 84.8 cm³/mol. The molecular formula is C7H12K2Na4O9. The van der Waals surface area contributed by atoms with E-state index in [4.69, 9.17) is 0 Å². The molecule has 0 aliphatic carbocycles. The molecule has 0 heterocycles. The van der Waals surface area contributed by atoms with E-state index in [0.29, 0.717) is 0 Å². The standard InChI is InChI=1S/C7H6O9.2K.4Na.6H/c1-3(8)13-5(10)15-7(12)16-6(11)14-4(2)9;;;;;;;;;;;;/h1-2H3;;;;;;;;;;;;. The third-order valence-electron chi connectivity index (χ3n) is 0.787. The summed E-state index contributed by atoms with van der Waals surface area (Å²) in [6.45, 7) is 1.77. The van der Waals surface area contributed by atoms with E-state index < -0.39 is 30.4 Å². The van der Waals surface area contributed by atoms with Gasteiger partial charge in [-0.1, -0.05) is 0 Å². The summed E-state index contributed by atoms with van der Waals surface area (Å²) in [7, 11) is 0. The van der Waals surface area contributed by atoms with E-state index in [1.165, 1.54) is 0 Å². The van der Waals surface area contributed by atoms with Crippen molar-refractivity contribution in [3.05, 3.63) is 0 Å². The summed E-state index contributed by atoms with van der Waals surface area (Å²) < 4.78 is 14.8. The minimum absolute atomic E-state index is 0. The minimum atomic E-state index is -1.79. The summed E-state index contributed by atoms with van der Waals surface area (Å²) in [5.74, 6) is -2.05. The van der Waals surface area contributed by atoms with Crippen LogP contribution in [0.15, 0.2) is 0 Å². The normalized spacial score (nSPS) is 6.27. The Morgan fingerprint density at radius 1 is 0.500 bits per heavy atom. The van der Waals surface area contributed by atoms with Gasteiger partial charge in [-0.2, -0.15) is 0 Å². The van der Waals surface area contributed by atoms with Gasteiger partial charge in [0.25, 0.3) is 0 Å². The Hall–Kier alpha value is 4.82. The van der Waals surface area contributed by atoms with Crippen LogP contribution in [0.3, 0.4) is 0 Å². The zero-order valence-electron chi connectivity index (χ0n) is 8.17. The molecule has 0 atom stereocenters. The Bertz CT molecular complexity index is 334. The molecule has 9 nitrogen and oxygen atoms in total. The first-order chi connectivity index (χ1) is 7.31. The maximum atomic E-state index is 10.6. The summed E-state index contributed by atoms with van der Waals surface area (Å²) in [5, 5.41) is 0. The van der Waals surface area contributed by atoms with Crippen LogP contribution in [0.2, 0.25) is 0 Å². The number of rotatable bonds is 0. The Morgan fingerprint density at radius 2 is 0.682 bits per heavy atom. The molecule has 0 aliphatic rings. The zero-order chi connectivity index (χ0) is 12.7. The molecule has 0 aliphatic heterocycles. The van der Waals surface area contributed by atoms with Gasteiger partial charge in [0.2, 0.25) is 0 Å². The van der Waals surface area contributed by atoms with E-state index in [2.05, 4.69) is 18.9 Å². The molecule has 0 aromatic heterocycles. The van der Waals surface area contributed by atoms with Crippen molar-refractivity contribution >= 4 is 251 Å². The van der Waals surface area contributed by atoms with Gasteiger partial charge < -0.3 is 18.9 Å². The molecule has 0 saturated carbocycles. The fraction of sp³-hybridized carbons (Fsp3) is 0.286. The van der Waals surface area contributed by atoms with Crippen LogP contribution >= 0.6 is 0 Å². The van der Waals surface area contributed by atoms with Gasteiger partial charge in [-0.15, -0.1) is 0 Å². The number of hydrogen-bond acceptors (Lipinski definition) is 9. The van der Waals surface area contributed by atoms with Gasteiger partial charge in [0.1, 0.15) is 0 Å². The quantitative estimate of drug-likeness (QED) is 0.229. The molecule has 15 heteroatoms. The topological polar surface area (TPSA) is 122 Å². The molecule has 0 spiro atoms. The van der Waals surface area contributed by atoms with Gasteiger partial charge in [-0.05, 0) is 0 Å². The second-order valence-electron chi connectivity index (χ2n) is 2.14. The molecule has 100 valence electrons. The van der Waals surface area contributed by atoms with Crippen LogP contribution in [-0.2, 0) is 28.5 Å². The maximum absolute atomic E-state index is 10.6. The molecule has 0 aromatic carbocycles. The van der Waals surface area contributed by atoms with Crippen LogP contribution in [0.4, 0.5) is 14.4 Å². The van der Waals surface area contributed by atoms with Crippen molar-refractivity contribution in [3.63, 3.8) is 0 Å². The van der Waals surface area contributed by atoms with Gasteiger partial charge in [0.05, 0.1) is 0 Å². The van der Waals surface area contributed by atoms with Gasteiger partial charge in [-0.3, -0.25) is 9.59 Å². The number of esters is 2. The molecule has 0 rings (SSSR count). The summed E-state index contributed by atoms with van der Waals surface area (Å²) in [5.41, 5.74) is 0. The van der Waals surface area contributed by atoms with E-state index in [0.717, 1.165) is 13.8 Å². The van der Waals surface area contributed by atoms with Crippen molar-refractivity contribution in [3.8, 4) is 0 Å². The van der Waals surface area contributed by atoms with Crippen molar-refractivity contribution in [2.75, 3.05) is 0 Å². The van der Waals surface area contributed by atoms with Crippen LogP contribution < -0.4 is 0 Å². The van der Waals surface area contributed by atoms with Crippen molar-refractivity contribution < 1.29 is 42.9 Å². The van der Waals surface area contributed by atoms with Gasteiger partial charge in [0.15, 0.2) is 0 Å². The van der Waals surface area contributed by atoms with Crippen LogP contribution in [0.5, 0.6) is 0 Å². The fourth-order valence-corrected chi connectivity index (χ4v) is 0.433. The number of carbonyl (C=O) groups is 5. The van der Waals surface area contributed by atoms with Crippen LogP contribution in [0.1, 0.15) is 13.8 Å². The third kappa shape index (κ3) is 32.5. The average molecular weight is 410 g/mol. The first-order valence-electron chi connectivity index (χ1n) is 3.65. The van der Waals surface area contributed by atoms with Gasteiger partial charge in [0, 0.05) is 13.8 Å². The van der Waals surface area contributed by atoms with Crippen molar-refractivity contribution in [1.29, 1.82) is 0 Å². The van der Waals surface area contributed by atoms with E-state index >= 15 is 0 Å². The van der Waals surface area contributed by atoms with Crippen molar-refractivity contribution in [2.24, 2.45) is 0 Å². The summed E-state index contributed by atoms with van der Waals surface area (Å²) in [6, 6.07) is 0. The molecule has 0 unspecified atom stereocenters. The van der Waals surface area contributed by atoms with Crippen molar-refractivity contribution in [1.82, 2.24) is 0 Å². The first-order valence-corrected chi connectivity index (χ1v) is 3.65. The summed E-state index contributed by atoms with van der Waals surface area (Å²) >= 11 is 0. The first kappa shape index (κ1) is 45.5. The van der Waals surface area contributed by atoms with E-state index in [1.807, 2.05) is 0 Å². The Morgan fingerprint density at radius 3 is 0.864 bits per heavy atom. The van der Waals surface area contributed by atoms with E-state index in [-0.39, 0.29) is 221 Å². The molecule has 0 fully saturated rings. The Kier molecular flexibility index (Phi) is 58.0. The SMILES string of the molecule is CC(=O)OC(=O)OC(=O)OC(=O)OC(C)=O.[KH].[KH].[NaH].[NaH].[NaH].[NaH]. The predicted octanol–water partition coefficient (Wildman–Crippen LogP) is -3.39. The van der Waals surface area contributed by atoms with Crippen molar-refractivity contribution in [2.45, 2.75) is 13.8 Å².